The molecule has 3 amide bonds. The molecule has 0 spiro atoms. The van der Waals surface area contributed by atoms with Crippen LogP contribution in [0.2, 0.25) is 5.02 Å². The zero-order chi connectivity index (χ0) is 19.3. The molecule has 0 atom stereocenters. The first kappa shape index (κ1) is 19.6. The van der Waals surface area contributed by atoms with Crippen LogP contribution in [0.3, 0.4) is 0 Å². The fourth-order valence-electron chi connectivity index (χ4n) is 2.43. The summed E-state index contributed by atoms with van der Waals surface area (Å²) in [6.45, 7) is 3.74. The lowest BCUT2D eigenvalue weighted by atomic mass is 10.1. The maximum Gasteiger partial charge on any atom is 0.319 e. The van der Waals surface area contributed by atoms with Gasteiger partial charge >= 0.3 is 6.03 Å². The Kier molecular flexibility index (Phi) is 6.46. The van der Waals surface area contributed by atoms with E-state index in [0.717, 1.165) is 5.69 Å². The number of nitrogens with one attached hydrogen (secondary N) is 3. The largest absolute Gasteiger partial charge is 0.375 e. The van der Waals surface area contributed by atoms with Crippen LogP contribution < -0.4 is 20.9 Å². The molecule has 0 aliphatic heterocycles. The number of carbonyl (C=O) groups is 2. The lowest BCUT2D eigenvalue weighted by Crippen LogP contribution is -2.34. The van der Waals surface area contributed by atoms with Crippen molar-refractivity contribution in [2.75, 3.05) is 29.6 Å². The van der Waals surface area contributed by atoms with Crippen LogP contribution in [0.15, 0.2) is 42.5 Å². The molecule has 0 radical (unpaired) electrons. The molecule has 0 saturated heterocycles. The predicted octanol–water partition coefficient (Wildman–Crippen LogP) is 4.19. The zero-order valence-corrected chi connectivity index (χ0v) is 16.0. The van der Waals surface area contributed by atoms with Gasteiger partial charge in [-0.1, -0.05) is 23.7 Å². The van der Waals surface area contributed by atoms with Gasteiger partial charge in [-0.2, -0.15) is 0 Å². The minimum atomic E-state index is -0.317. The van der Waals surface area contributed by atoms with E-state index in [1.807, 2.05) is 32.8 Å². The van der Waals surface area contributed by atoms with Crippen molar-refractivity contribution in [2.24, 2.45) is 0 Å². The van der Waals surface area contributed by atoms with Gasteiger partial charge in [-0.25, -0.2) is 4.79 Å². The Balaban J connectivity index is 2.17. The summed E-state index contributed by atoms with van der Waals surface area (Å²) in [5.74, 6) is -0.289. The van der Waals surface area contributed by atoms with Gasteiger partial charge in [-0.3, -0.25) is 4.79 Å². The monoisotopic (exact) mass is 374 g/mol. The van der Waals surface area contributed by atoms with Crippen LogP contribution in [0.4, 0.5) is 21.9 Å². The first-order valence-corrected chi connectivity index (χ1v) is 8.60. The molecule has 3 N–H and O–H groups in total. The van der Waals surface area contributed by atoms with Gasteiger partial charge in [0, 0.05) is 31.4 Å². The number of anilines is 3. The van der Waals surface area contributed by atoms with E-state index in [-0.39, 0.29) is 18.0 Å². The Hall–Kier alpha value is -2.73. The first-order valence-electron chi connectivity index (χ1n) is 8.22. The van der Waals surface area contributed by atoms with Crippen molar-refractivity contribution in [3.05, 3.63) is 53.1 Å². The van der Waals surface area contributed by atoms with E-state index in [2.05, 4.69) is 16.0 Å². The lowest BCUT2D eigenvalue weighted by Gasteiger charge is -2.19. The minimum absolute atomic E-state index is 0.0220. The minimum Gasteiger partial charge on any atom is -0.375 e. The molecule has 0 aromatic heterocycles. The highest BCUT2D eigenvalue weighted by Gasteiger charge is 2.14. The van der Waals surface area contributed by atoms with Crippen molar-refractivity contribution in [1.29, 1.82) is 0 Å². The van der Waals surface area contributed by atoms with E-state index in [0.29, 0.717) is 22.0 Å². The molecule has 26 heavy (non-hydrogen) atoms. The summed E-state index contributed by atoms with van der Waals surface area (Å²) in [5, 5.41) is 8.86. The molecule has 138 valence electrons. The Morgan fingerprint density at radius 2 is 1.73 bits per heavy atom. The fourth-order valence-corrected chi connectivity index (χ4v) is 2.78. The van der Waals surface area contributed by atoms with Gasteiger partial charge in [-0.05, 0) is 44.2 Å². The van der Waals surface area contributed by atoms with Crippen LogP contribution in [0.5, 0.6) is 0 Å². The lowest BCUT2D eigenvalue weighted by molar-refractivity contribution is 0.102. The van der Waals surface area contributed by atoms with Crippen LogP contribution in [0.1, 0.15) is 24.2 Å². The standard InChI is InChI=1S/C19H23ClN4O2/c1-12(2)21-19(26)22-14-8-5-7-13(11-14)18(25)23-16-10-6-9-15(20)17(16)24(3)4/h5-12H,1-4H3,(H,23,25)(H2,21,22,26). The molecule has 2 rings (SSSR count). The molecule has 0 aliphatic rings. The van der Waals surface area contributed by atoms with Gasteiger partial charge in [0.1, 0.15) is 0 Å². The molecule has 0 saturated carbocycles. The topological polar surface area (TPSA) is 73.5 Å². The van der Waals surface area contributed by atoms with E-state index in [1.54, 1.807) is 42.5 Å². The Bertz CT molecular complexity index is 806. The molecule has 6 nitrogen and oxygen atoms in total. The molecule has 2 aromatic carbocycles. The number of hydrogen-bond acceptors (Lipinski definition) is 3. The van der Waals surface area contributed by atoms with Crippen molar-refractivity contribution in [3.8, 4) is 0 Å². The summed E-state index contributed by atoms with van der Waals surface area (Å²) >= 11 is 6.23. The molecule has 0 fully saturated rings. The number of benzene rings is 2. The maximum atomic E-state index is 12.6. The number of para-hydroxylation sites is 1. The predicted molar refractivity (Wildman–Crippen MR) is 107 cm³/mol. The van der Waals surface area contributed by atoms with Crippen LogP contribution >= 0.6 is 11.6 Å². The summed E-state index contributed by atoms with van der Waals surface area (Å²) in [6, 6.07) is 11.8. The van der Waals surface area contributed by atoms with Crippen LogP contribution in [0.25, 0.3) is 0 Å². The van der Waals surface area contributed by atoms with Crippen molar-refractivity contribution < 1.29 is 9.59 Å². The molecule has 7 heteroatoms. The third-order valence-electron chi connectivity index (χ3n) is 3.48. The molecule has 2 aromatic rings. The Morgan fingerprint density at radius 1 is 1.04 bits per heavy atom. The second-order valence-electron chi connectivity index (χ2n) is 6.32. The smallest absolute Gasteiger partial charge is 0.319 e. The average molecular weight is 375 g/mol. The molecular formula is C19H23ClN4O2. The van der Waals surface area contributed by atoms with E-state index < -0.39 is 0 Å². The molecule has 0 heterocycles. The highest BCUT2D eigenvalue weighted by atomic mass is 35.5. The number of rotatable bonds is 5. The summed E-state index contributed by atoms with van der Waals surface area (Å²) in [7, 11) is 3.71. The molecule has 0 unspecified atom stereocenters. The number of carbonyl (C=O) groups excluding carboxylic acids is 2. The van der Waals surface area contributed by atoms with Crippen molar-refractivity contribution in [3.63, 3.8) is 0 Å². The van der Waals surface area contributed by atoms with E-state index >= 15 is 0 Å². The van der Waals surface area contributed by atoms with E-state index in [4.69, 9.17) is 11.6 Å². The molecule has 0 aliphatic carbocycles. The number of nitrogens with zero attached hydrogens (tertiary/aromatic N) is 1. The summed E-state index contributed by atoms with van der Waals surface area (Å²) < 4.78 is 0. The number of hydrogen-bond donors (Lipinski definition) is 3. The van der Waals surface area contributed by atoms with Gasteiger partial charge in [0.15, 0.2) is 0 Å². The highest BCUT2D eigenvalue weighted by Crippen LogP contribution is 2.32. The molecule has 0 bridgehead atoms. The van der Waals surface area contributed by atoms with Gasteiger partial charge < -0.3 is 20.9 Å². The van der Waals surface area contributed by atoms with E-state index in [1.165, 1.54) is 0 Å². The van der Waals surface area contributed by atoms with Gasteiger partial charge in [0.05, 0.1) is 16.4 Å². The summed E-state index contributed by atoms with van der Waals surface area (Å²) in [4.78, 5) is 26.3. The molecular weight excluding hydrogens is 352 g/mol. The van der Waals surface area contributed by atoms with Gasteiger partial charge in [-0.15, -0.1) is 0 Å². The number of urea groups is 1. The van der Waals surface area contributed by atoms with Crippen LogP contribution in [-0.4, -0.2) is 32.1 Å². The SMILES string of the molecule is CC(C)NC(=O)Nc1cccc(C(=O)Nc2cccc(Cl)c2N(C)C)c1. The Labute approximate surface area is 158 Å². The Morgan fingerprint density at radius 3 is 2.38 bits per heavy atom. The third-order valence-corrected chi connectivity index (χ3v) is 3.79. The van der Waals surface area contributed by atoms with Crippen molar-refractivity contribution in [1.82, 2.24) is 5.32 Å². The van der Waals surface area contributed by atoms with Crippen molar-refractivity contribution >= 4 is 40.6 Å². The van der Waals surface area contributed by atoms with Gasteiger partial charge in [0.2, 0.25) is 0 Å². The van der Waals surface area contributed by atoms with Crippen molar-refractivity contribution in [2.45, 2.75) is 19.9 Å². The second-order valence-corrected chi connectivity index (χ2v) is 6.73. The maximum absolute atomic E-state index is 12.6. The first-order chi connectivity index (χ1) is 12.3. The number of amides is 3. The second kappa shape index (κ2) is 8.58. The fraction of sp³-hybridized carbons (Fsp3) is 0.263. The van der Waals surface area contributed by atoms with Crippen LogP contribution in [-0.2, 0) is 0 Å². The normalized spacial score (nSPS) is 10.4. The van der Waals surface area contributed by atoms with Gasteiger partial charge in [0.25, 0.3) is 5.91 Å². The quantitative estimate of drug-likeness (QED) is 0.734. The van der Waals surface area contributed by atoms with E-state index in [9.17, 15) is 9.59 Å². The summed E-state index contributed by atoms with van der Waals surface area (Å²) in [6.07, 6.45) is 0. The third kappa shape index (κ3) is 5.13. The average Bonchev–Trinajstić information content (AvgIpc) is 2.53. The highest BCUT2D eigenvalue weighted by molar-refractivity contribution is 6.34. The zero-order valence-electron chi connectivity index (χ0n) is 15.3. The van der Waals surface area contributed by atoms with Crippen LogP contribution in [0, 0.1) is 0 Å². The summed E-state index contributed by atoms with van der Waals surface area (Å²) in [5.41, 5.74) is 2.31. The number of halogens is 1.